The van der Waals surface area contributed by atoms with Crippen molar-refractivity contribution in [1.29, 1.82) is 0 Å². The predicted octanol–water partition coefficient (Wildman–Crippen LogP) is 4.18. The zero-order valence-electron chi connectivity index (χ0n) is 13.1. The average molecular weight is 331 g/mol. The molecule has 1 aromatic rings. The summed E-state index contributed by atoms with van der Waals surface area (Å²) >= 11 is 1.65. The first-order valence-corrected chi connectivity index (χ1v) is 8.68. The van der Waals surface area contributed by atoms with Gasteiger partial charge >= 0.3 is 0 Å². The minimum absolute atomic E-state index is 0. The summed E-state index contributed by atoms with van der Waals surface area (Å²) in [5.74, 6) is 0.235. The van der Waals surface area contributed by atoms with Crippen molar-refractivity contribution in [2.45, 2.75) is 52.0 Å². The van der Waals surface area contributed by atoms with Gasteiger partial charge in [0.1, 0.15) is 0 Å². The molecule has 1 aromatic heterocycles. The molecule has 0 N–H and O–H groups in total. The van der Waals surface area contributed by atoms with Crippen molar-refractivity contribution in [3.8, 4) is 0 Å². The predicted molar refractivity (Wildman–Crippen MR) is 93.7 cm³/mol. The fourth-order valence-corrected chi connectivity index (χ4v) is 3.60. The van der Waals surface area contributed by atoms with Crippen molar-refractivity contribution in [1.82, 2.24) is 4.90 Å². The van der Waals surface area contributed by atoms with E-state index in [0.29, 0.717) is 12.5 Å². The monoisotopic (exact) mass is 330 g/mol. The first-order valence-electron chi connectivity index (χ1n) is 7.80. The smallest absolute Gasteiger partial charge is 0.227 e. The van der Waals surface area contributed by atoms with Gasteiger partial charge < -0.3 is 9.80 Å². The van der Waals surface area contributed by atoms with E-state index in [-0.39, 0.29) is 18.3 Å². The molecular formula is C16H27ClN2OS. The van der Waals surface area contributed by atoms with Gasteiger partial charge in [-0.15, -0.1) is 23.7 Å². The molecule has 1 unspecified atom stereocenters. The summed E-state index contributed by atoms with van der Waals surface area (Å²) in [6.07, 6.45) is 5.66. The number of likely N-dealkylation sites (tertiary alicyclic amines) is 1. The highest BCUT2D eigenvalue weighted by atomic mass is 35.5. The highest BCUT2D eigenvalue weighted by Crippen LogP contribution is 2.23. The Kier molecular flexibility index (Phi) is 8.30. The maximum absolute atomic E-state index is 12.1. The number of rotatable bonds is 6. The van der Waals surface area contributed by atoms with Gasteiger partial charge in [0.2, 0.25) is 5.91 Å². The number of halogens is 1. The summed E-state index contributed by atoms with van der Waals surface area (Å²) in [5.41, 5.74) is 0. The molecule has 0 aliphatic carbocycles. The van der Waals surface area contributed by atoms with Crippen LogP contribution < -0.4 is 4.90 Å². The topological polar surface area (TPSA) is 23.6 Å². The van der Waals surface area contributed by atoms with E-state index in [2.05, 4.69) is 11.8 Å². The van der Waals surface area contributed by atoms with Crippen LogP contribution in [0.4, 0.5) is 5.00 Å². The van der Waals surface area contributed by atoms with Crippen LogP contribution in [-0.4, -0.2) is 36.5 Å². The molecule has 0 saturated carbocycles. The van der Waals surface area contributed by atoms with Crippen LogP contribution in [0.1, 0.15) is 46.0 Å². The lowest BCUT2D eigenvalue weighted by atomic mass is 10.1. The number of piperidine rings is 1. The number of hydrogen-bond donors (Lipinski definition) is 0. The Morgan fingerprint density at radius 3 is 2.67 bits per heavy atom. The van der Waals surface area contributed by atoms with Crippen molar-refractivity contribution >= 4 is 34.7 Å². The van der Waals surface area contributed by atoms with Crippen LogP contribution >= 0.6 is 23.7 Å². The molecule has 2 heterocycles. The van der Waals surface area contributed by atoms with E-state index in [0.717, 1.165) is 18.0 Å². The molecule has 0 aromatic carbocycles. The Labute approximate surface area is 138 Å². The maximum atomic E-state index is 12.1. The fourth-order valence-electron chi connectivity index (χ4n) is 2.83. The van der Waals surface area contributed by atoms with Crippen LogP contribution in [0, 0.1) is 0 Å². The molecule has 1 amide bonds. The molecule has 1 fully saturated rings. The molecule has 5 heteroatoms. The minimum Gasteiger partial charge on any atom is -0.304 e. The van der Waals surface area contributed by atoms with Gasteiger partial charge in [-0.1, -0.05) is 13.3 Å². The number of thiophene rings is 1. The summed E-state index contributed by atoms with van der Waals surface area (Å²) in [7, 11) is 0. The van der Waals surface area contributed by atoms with Crippen molar-refractivity contribution in [2.75, 3.05) is 24.5 Å². The Hall–Kier alpha value is -0.580. The molecular weight excluding hydrogens is 304 g/mol. The molecule has 1 aliphatic heterocycles. The lowest BCUT2D eigenvalue weighted by Gasteiger charge is -2.33. The van der Waals surface area contributed by atoms with Crippen molar-refractivity contribution in [3.05, 3.63) is 17.5 Å². The van der Waals surface area contributed by atoms with Gasteiger partial charge in [0.05, 0.1) is 5.00 Å². The highest BCUT2D eigenvalue weighted by Gasteiger charge is 2.20. The average Bonchev–Trinajstić information content (AvgIpc) is 3.02. The maximum Gasteiger partial charge on any atom is 0.227 e. The second kappa shape index (κ2) is 9.44. The summed E-state index contributed by atoms with van der Waals surface area (Å²) < 4.78 is 0. The van der Waals surface area contributed by atoms with Crippen molar-refractivity contribution in [3.63, 3.8) is 0 Å². The third-order valence-corrected chi connectivity index (χ3v) is 5.05. The van der Waals surface area contributed by atoms with Crippen LogP contribution in [0.2, 0.25) is 0 Å². The van der Waals surface area contributed by atoms with E-state index in [1.807, 2.05) is 29.3 Å². The van der Waals surface area contributed by atoms with Gasteiger partial charge in [-0.25, -0.2) is 0 Å². The third kappa shape index (κ3) is 5.28. The van der Waals surface area contributed by atoms with Crippen molar-refractivity contribution < 1.29 is 4.79 Å². The zero-order valence-corrected chi connectivity index (χ0v) is 14.7. The van der Waals surface area contributed by atoms with Gasteiger partial charge in [-0.2, -0.15) is 0 Å². The largest absolute Gasteiger partial charge is 0.304 e. The lowest BCUT2D eigenvalue weighted by molar-refractivity contribution is -0.118. The first kappa shape index (κ1) is 18.5. The molecule has 2 rings (SSSR count). The van der Waals surface area contributed by atoms with E-state index in [4.69, 9.17) is 0 Å². The molecule has 0 radical (unpaired) electrons. The van der Waals surface area contributed by atoms with E-state index in [9.17, 15) is 4.79 Å². The lowest BCUT2D eigenvalue weighted by Crippen LogP contribution is -2.40. The quantitative estimate of drug-likeness (QED) is 0.781. The van der Waals surface area contributed by atoms with Crippen LogP contribution in [0.3, 0.4) is 0 Å². The molecule has 3 nitrogen and oxygen atoms in total. The van der Waals surface area contributed by atoms with Crippen LogP contribution in [0.5, 0.6) is 0 Å². The fraction of sp³-hybridized carbons (Fsp3) is 0.688. The summed E-state index contributed by atoms with van der Waals surface area (Å²) in [4.78, 5) is 16.7. The van der Waals surface area contributed by atoms with E-state index in [1.54, 1.807) is 11.3 Å². The summed E-state index contributed by atoms with van der Waals surface area (Å²) in [5, 5.41) is 3.13. The molecule has 0 spiro atoms. The first-order chi connectivity index (χ1) is 9.72. The Morgan fingerprint density at radius 1 is 1.38 bits per heavy atom. The second-order valence-corrected chi connectivity index (χ2v) is 6.51. The van der Waals surface area contributed by atoms with Gasteiger partial charge in [-0.3, -0.25) is 4.79 Å². The summed E-state index contributed by atoms with van der Waals surface area (Å²) in [6, 6.07) is 4.63. The molecule has 1 aliphatic rings. The van der Waals surface area contributed by atoms with Gasteiger partial charge in [0, 0.05) is 19.0 Å². The van der Waals surface area contributed by atoms with Crippen molar-refractivity contribution in [2.24, 2.45) is 0 Å². The van der Waals surface area contributed by atoms with Gasteiger partial charge in [-0.05, 0) is 56.8 Å². The highest BCUT2D eigenvalue weighted by molar-refractivity contribution is 7.14. The Bertz CT molecular complexity index is 404. The van der Waals surface area contributed by atoms with Crippen LogP contribution in [0.25, 0.3) is 0 Å². The third-order valence-electron chi connectivity index (χ3n) is 4.16. The Morgan fingerprint density at radius 2 is 2.10 bits per heavy atom. The Balaban J connectivity index is 0.00000220. The number of carbonyl (C=O) groups excluding carboxylic acids is 1. The van der Waals surface area contributed by atoms with Gasteiger partial charge in [0.25, 0.3) is 0 Å². The summed E-state index contributed by atoms with van der Waals surface area (Å²) in [6.45, 7) is 7.53. The van der Waals surface area contributed by atoms with E-state index < -0.39 is 0 Å². The minimum atomic E-state index is 0. The van der Waals surface area contributed by atoms with E-state index in [1.165, 1.54) is 32.4 Å². The van der Waals surface area contributed by atoms with E-state index >= 15 is 0 Å². The number of amides is 1. The SMILES string of the molecule is CCC(=O)N(CCC(C)N1CCCCC1)c1cccs1.Cl. The molecule has 1 atom stereocenters. The molecule has 21 heavy (non-hydrogen) atoms. The van der Waals surface area contributed by atoms with Crippen LogP contribution in [-0.2, 0) is 4.79 Å². The molecule has 120 valence electrons. The molecule has 1 saturated heterocycles. The number of nitrogens with zero attached hydrogens (tertiary/aromatic N) is 2. The normalized spacial score (nSPS) is 17.0. The van der Waals surface area contributed by atoms with Crippen LogP contribution in [0.15, 0.2) is 17.5 Å². The van der Waals surface area contributed by atoms with Gasteiger partial charge in [0.15, 0.2) is 0 Å². The number of carbonyl (C=O) groups is 1. The number of hydrogen-bond acceptors (Lipinski definition) is 3. The second-order valence-electron chi connectivity index (χ2n) is 5.58. The number of anilines is 1. The zero-order chi connectivity index (χ0) is 14.4. The molecule has 0 bridgehead atoms. The standard InChI is InChI=1S/C16H26N2OS.ClH/c1-3-15(19)18(16-8-7-13-20-16)12-9-14(2)17-10-5-4-6-11-17;/h7-8,13-14H,3-6,9-12H2,1-2H3;1H.